The molecular formula is C20H25NO2S. The number of hydrogen-bond acceptors (Lipinski definition) is 3. The van der Waals surface area contributed by atoms with Crippen LogP contribution in [0.25, 0.3) is 0 Å². The minimum Gasteiger partial charge on any atom is -0.348 e. The van der Waals surface area contributed by atoms with E-state index in [0.29, 0.717) is 11.5 Å². The minimum atomic E-state index is -0.0701. The molecule has 1 N–H and O–H groups in total. The maximum absolute atomic E-state index is 12.3. The predicted molar refractivity (Wildman–Crippen MR) is 99.5 cm³/mol. The lowest BCUT2D eigenvalue weighted by Crippen LogP contribution is -2.31. The summed E-state index contributed by atoms with van der Waals surface area (Å²) in [6.07, 6.45) is 0.462. The van der Waals surface area contributed by atoms with Crippen molar-refractivity contribution in [3.05, 3.63) is 57.3 Å². The second kappa shape index (κ2) is 8.25. The van der Waals surface area contributed by atoms with Gasteiger partial charge in [-0.1, -0.05) is 32.0 Å². The number of nitrogens with one attached hydrogen (secondary N) is 1. The second-order valence-electron chi connectivity index (χ2n) is 6.53. The molecule has 24 heavy (non-hydrogen) atoms. The highest BCUT2D eigenvalue weighted by atomic mass is 32.1. The molecule has 0 fully saturated rings. The highest BCUT2D eigenvalue weighted by Crippen LogP contribution is 2.26. The second-order valence-corrected chi connectivity index (χ2v) is 7.51. The highest BCUT2D eigenvalue weighted by Gasteiger charge is 2.19. The first kappa shape index (κ1) is 18.4. The first-order valence-electron chi connectivity index (χ1n) is 8.31. The Hall–Kier alpha value is -1.94. The summed E-state index contributed by atoms with van der Waals surface area (Å²) in [5.41, 5.74) is 2.95. The Morgan fingerprint density at radius 2 is 1.83 bits per heavy atom. The molecule has 2 rings (SSSR count). The first-order chi connectivity index (χ1) is 11.4. The predicted octanol–water partition coefficient (Wildman–Crippen LogP) is 4.84. The quantitative estimate of drug-likeness (QED) is 0.731. The number of benzene rings is 1. The third kappa shape index (κ3) is 4.78. The summed E-state index contributed by atoms with van der Waals surface area (Å²) < 4.78 is 0. The lowest BCUT2D eigenvalue weighted by atomic mass is 10.00. The van der Waals surface area contributed by atoms with Crippen LogP contribution in [0.3, 0.4) is 0 Å². The van der Waals surface area contributed by atoms with Gasteiger partial charge in [-0.3, -0.25) is 9.59 Å². The zero-order valence-corrected chi connectivity index (χ0v) is 15.6. The monoisotopic (exact) mass is 343 g/mol. The number of Topliss-reactive ketones (excluding diaryl/α,β-unsaturated/α-hetero) is 1. The smallest absolute Gasteiger partial charge is 0.220 e. The van der Waals surface area contributed by atoms with Crippen LogP contribution < -0.4 is 5.32 Å². The van der Waals surface area contributed by atoms with Crippen molar-refractivity contribution >= 4 is 23.0 Å². The Morgan fingerprint density at radius 3 is 2.42 bits per heavy atom. The van der Waals surface area contributed by atoms with Gasteiger partial charge in [0, 0.05) is 23.3 Å². The van der Waals surface area contributed by atoms with Crippen LogP contribution in [0.15, 0.2) is 35.7 Å². The van der Waals surface area contributed by atoms with Crippen molar-refractivity contribution in [3.63, 3.8) is 0 Å². The number of amides is 1. The molecule has 128 valence electrons. The molecule has 0 aliphatic carbocycles. The maximum Gasteiger partial charge on any atom is 0.220 e. The van der Waals surface area contributed by atoms with Crippen LogP contribution in [0.1, 0.15) is 59.1 Å². The molecule has 3 nitrogen and oxygen atoms in total. The molecule has 2 aromatic rings. The van der Waals surface area contributed by atoms with Crippen molar-refractivity contribution in [2.45, 2.75) is 46.6 Å². The molecule has 0 aliphatic rings. The average molecular weight is 343 g/mol. The van der Waals surface area contributed by atoms with Gasteiger partial charge in [0.05, 0.1) is 6.04 Å². The molecule has 4 heteroatoms. The fourth-order valence-corrected chi connectivity index (χ4v) is 3.52. The van der Waals surface area contributed by atoms with E-state index in [4.69, 9.17) is 0 Å². The van der Waals surface area contributed by atoms with E-state index in [1.54, 1.807) is 11.3 Å². The summed E-state index contributed by atoms with van der Waals surface area (Å²) in [4.78, 5) is 25.7. The van der Waals surface area contributed by atoms with Gasteiger partial charge in [-0.15, -0.1) is 11.3 Å². The fraction of sp³-hybridized carbons (Fsp3) is 0.400. The van der Waals surface area contributed by atoms with Crippen LogP contribution in [-0.4, -0.2) is 11.7 Å². The molecular weight excluding hydrogens is 318 g/mol. The lowest BCUT2D eigenvalue weighted by molar-refractivity contribution is -0.122. The molecule has 0 saturated carbocycles. The van der Waals surface area contributed by atoms with E-state index in [9.17, 15) is 9.59 Å². The molecule has 0 saturated heterocycles. The average Bonchev–Trinajstić information content (AvgIpc) is 3.06. The Morgan fingerprint density at radius 1 is 1.08 bits per heavy atom. The van der Waals surface area contributed by atoms with Crippen LogP contribution >= 0.6 is 11.3 Å². The van der Waals surface area contributed by atoms with Crippen LogP contribution in [0.2, 0.25) is 0 Å². The van der Waals surface area contributed by atoms with E-state index in [1.165, 1.54) is 5.56 Å². The number of carbonyl (C=O) groups is 2. The van der Waals surface area contributed by atoms with E-state index >= 15 is 0 Å². The van der Waals surface area contributed by atoms with Gasteiger partial charge in [-0.05, 0) is 48.4 Å². The molecule has 1 amide bonds. The fourth-order valence-electron chi connectivity index (χ4n) is 2.57. The van der Waals surface area contributed by atoms with Crippen LogP contribution in [0, 0.1) is 19.8 Å². The standard InChI is InChI=1S/C20H25NO2S/c1-13(2)20(18-6-5-11-24-18)21-19(23)10-9-17(22)16-8-7-14(3)15(4)12-16/h5-8,11-13,20H,9-10H2,1-4H3,(H,21,23)/t20-/m1/s1. The van der Waals surface area contributed by atoms with Gasteiger partial charge in [0.25, 0.3) is 0 Å². The SMILES string of the molecule is Cc1ccc(C(=O)CCC(=O)N[C@@H](c2cccs2)C(C)C)cc1C. The van der Waals surface area contributed by atoms with Crippen LogP contribution in [0.5, 0.6) is 0 Å². The first-order valence-corrected chi connectivity index (χ1v) is 9.19. The van der Waals surface area contributed by atoms with Crippen molar-refractivity contribution in [1.29, 1.82) is 0 Å². The Labute approximate surface area is 148 Å². The minimum absolute atomic E-state index is 0.00854. The summed E-state index contributed by atoms with van der Waals surface area (Å²) in [5.74, 6) is 0.257. The molecule has 1 heterocycles. The molecule has 0 bridgehead atoms. The van der Waals surface area contributed by atoms with Crippen LogP contribution in [-0.2, 0) is 4.79 Å². The third-order valence-corrected chi connectivity index (χ3v) is 5.20. The van der Waals surface area contributed by atoms with Gasteiger partial charge in [0.2, 0.25) is 5.91 Å². The number of hydrogen-bond donors (Lipinski definition) is 1. The summed E-state index contributed by atoms with van der Waals surface area (Å²) in [6, 6.07) is 9.73. The molecule has 1 aromatic carbocycles. The molecule has 1 aromatic heterocycles. The van der Waals surface area contributed by atoms with E-state index in [-0.39, 0.29) is 30.6 Å². The summed E-state index contributed by atoms with van der Waals surface area (Å²) in [5, 5.41) is 5.08. The molecule has 0 radical (unpaired) electrons. The number of rotatable bonds is 7. The van der Waals surface area contributed by atoms with Crippen LogP contribution in [0.4, 0.5) is 0 Å². The molecule has 1 atom stereocenters. The Kier molecular flexibility index (Phi) is 6.32. The molecule has 0 spiro atoms. The summed E-state index contributed by atoms with van der Waals surface area (Å²) in [7, 11) is 0. The van der Waals surface area contributed by atoms with Gasteiger partial charge in [-0.2, -0.15) is 0 Å². The van der Waals surface area contributed by atoms with Crippen molar-refractivity contribution in [1.82, 2.24) is 5.32 Å². The Balaban J connectivity index is 1.92. The van der Waals surface area contributed by atoms with Gasteiger partial charge >= 0.3 is 0 Å². The van der Waals surface area contributed by atoms with Gasteiger partial charge < -0.3 is 5.32 Å². The normalized spacial score (nSPS) is 12.2. The zero-order valence-electron chi connectivity index (χ0n) is 14.8. The zero-order chi connectivity index (χ0) is 17.7. The largest absolute Gasteiger partial charge is 0.348 e. The molecule has 0 unspecified atom stereocenters. The number of ketones is 1. The van der Waals surface area contributed by atoms with Crippen molar-refractivity contribution in [2.24, 2.45) is 5.92 Å². The summed E-state index contributed by atoms with van der Waals surface area (Å²) in [6.45, 7) is 8.19. The summed E-state index contributed by atoms with van der Waals surface area (Å²) >= 11 is 1.64. The van der Waals surface area contributed by atoms with E-state index in [2.05, 4.69) is 19.2 Å². The van der Waals surface area contributed by atoms with E-state index < -0.39 is 0 Å². The number of thiophene rings is 1. The Bertz CT molecular complexity index is 704. The van der Waals surface area contributed by atoms with Gasteiger partial charge in [0.1, 0.15) is 0 Å². The highest BCUT2D eigenvalue weighted by molar-refractivity contribution is 7.10. The van der Waals surface area contributed by atoms with Gasteiger partial charge in [-0.25, -0.2) is 0 Å². The molecule has 0 aliphatic heterocycles. The maximum atomic E-state index is 12.3. The van der Waals surface area contributed by atoms with E-state index in [1.807, 2.05) is 49.6 Å². The lowest BCUT2D eigenvalue weighted by Gasteiger charge is -2.21. The van der Waals surface area contributed by atoms with Crippen molar-refractivity contribution < 1.29 is 9.59 Å². The third-order valence-electron chi connectivity index (χ3n) is 4.24. The number of aryl methyl sites for hydroxylation is 2. The van der Waals surface area contributed by atoms with Crippen molar-refractivity contribution in [2.75, 3.05) is 0 Å². The van der Waals surface area contributed by atoms with Crippen molar-refractivity contribution in [3.8, 4) is 0 Å². The van der Waals surface area contributed by atoms with Gasteiger partial charge in [0.15, 0.2) is 5.78 Å². The topological polar surface area (TPSA) is 46.2 Å². The number of carbonyl (C=O) groups excluding carboxylic acids is 2. The van der Waals surface area contributed by atoms with E-state index in [0.717, 1.165) is 10.4 Å².